The lowest BCUT2D eigenvalue weighted by Gasteiger charge is -2.25. The van der Waals surface area contributed by atoms with Gasteiger partial charge in [0.2, 0.25) is 0 Å². The summed E-state index contributed by atoms with van der Waals surface area (Å²) in [5.41, 5.74) is 0.553. The maximum absolute atomic E-state index is 11.9. The molecule has 7 heteroatoms. The van der Waals surface area contributed by atoms with E-state index in [2.05, 4.69) is 9.97 Å². The maximum Gasteiger partial charge on any atom is 0.304 e. The van der Waals surface area contributed by atoms with Gasteiger partial charge < -0.3 is 10.1 Å². The lowest BCUT2D eigenvalue weighted by atomic mass is 10.2. The van der Waals surface area contributed by atoms with Gasteiger partial charge in [-0.05, 0) is 24.9 Å². The molecule has 108 valence electrons. The molecule has 2 heterocycles. The lowest BCUT2D eigenvalue weighted by molar-refractivity contribution is -0.138. The zero-order valence-corrected chi connectivity index (χ0v) is 12.2. The van der Waals surface area contributed by atoms with Crippen molar-refractivity contribution in [2.24, 2.45) is 0 Å². The Morgan fingerprint density at radius 3 is 3.00 bits per heavy atom. The number of nitrogens with one attached hydrogen (secondary N) is 1. The Morgan fingerprint density at radius 1 is 1.60 bits per heavy atom. The smallest absolute Gasteiger partial charge is 0.304 e. The highest BCUT2D eigenvalue weighted by molar-refractivity contribution is 7.17. The molecule has 0 spiro atoms. The number of hydrogen-bond acceptors (Lipinski definition) is 5. The minimum Gasteiger partial charge on any atom is -0.481 e. The van der Waals surface area contributed by atoms with Gasteiger partial charge in [0, 0.05) is 6.04 Å². The summed E-state index contributed by atoms with van der Waals surface area (Å²) >= 11 is 1.36. The average molecular weight is 295 g/mol. The van der Waals surface area contributed by atoms with Crippen molar-refractivity contribution in [1.29, 1.82) is 0 Å². The number of thiophene rings is 1. The highest BCUT2D eigenvalue weighted by atomic mass is 32.1. The van der Waals surface area contributed by atoms with Gasteiger partial charge in [0.25, 0.3) is 5.56 Å². The summed E-state index contributed by atoms with van der Waals surface area (Å²) in [6.45, 7) is 4.95. The molecule has 0 fully saturated rings. The first-order valence-corrected chi connectivity index (χ1v) is 7.31. The number of hydrogen-bond donors (Lipinski definition) is 2. The van der Waals surface area contributed by atoms with Crippen molar-refractivity contribution in [2.45, 2.75) is 32.9 Å². The van der Waals surface area contributed by atoms with E-state index in [0.717, 1.165) is 0 Å². The first kappa shape index (κ1) is 14.7. The van der Waals surface area contributed by atoms with Gasteiger partial charge in [-0.15, -0.1) is 11.3 Å². The van der Waals surface area contributed by atoms with Gasteiger partial charge in [0.1, 0.15) is 10.5 Å². The third-order valence-electron chi connectivity index (χ3n) is 3.22. The number of aromatic amines is 1. The number of H-pyrrole nitrogens is 1. The van der Waals surface area contributed by atoms with Crippen LogP contribution in [0.1, 0.15) is 26.1 Å². The van der Waals surface area contributed by atoms with E-state index < -0.39 is 5.97 Å². The highest BCUT2D eigenvalue weighted by Gasteiger charge is 2.17. The van der Waals surface area contributed by atoms with E-state index in [-0.39, 0.29) is 18.0 Å². The number of fused-ring (bicyclic) bond motifs is 1. The molecule has 2 aromatic rings. The Labute approximate surface area is 120 Å². The van der Waals surface area contributed by atoms with Crippen molar-refractivity contribution in [1.82, 2.24) is 14.9 Å². The van der Waals surface area contributed by atoms with Crippen LogP contribution in [0.25, 0.3) is 10.2 Å². The molecule has 2 N–H and O–H groups in total. The monoisotopic (exact) mass is 295 g/mol. The molecule has 0 radical (unpaired) electrons. The molecular formula is C13H17N3O3S. The molecule has 1 atom stereocenters. The van der Waals surface area contributed by atoms with Crippen LogP contribution in [0.15, 0.2) is 16.2 Å². The van der Waals surface area contributed by atoms with Gasteiger partial charge in [-0.25, -0.2) is 4.98 Å². The van der Waals surface area contributed by atoms with Crippen LogP contribution in [0.5, 0.6) is 0 Å². The molecule has 2 aromatic heterocycles. The summed E-state index contributed by atoms with van der Waals surface area (Å²) in [5, 5.41) is 10.7. The van der Waals surface area contributed by atoms with Gasteiger partial charge in [-0.3, -0.25) is 14.5 Å². The second kappa shape index (κ2) is 6.15. The molecule has 0 saturated heterocycles. The zero-order valence-electron chi connectivity index (χ0n) is 11.4. The predicted octanol–water partition coefficient (Wildman–Crippen LogP) is 1.67. The summed E-state index contributed by atoms with van der Waals surface area (Å²) in [5.74, 6) is -0.259. The molecule has 1 unspecified atom stereocenters. The van der Waals surface area contributed by atoms with Crippen LogP contribution in [-0.2, 0) is 11.3 Å². The van der Waals surface area contributed by atoms with Crippen molar-refractivity contribution in [3.05, 3.63) is 27.6 Å². The molecule has 0 aliphatic rings. The predicted molar refractivity (Wildman–Crippen MR) is 78.0 cm³/mol. The standard InChI is InChI=1S/C13H17N3O3S/c1-3-16(8(2)6-11(17)18)7-10-14-9-4-5-20-12(9)13(19)15-10/h4-5,8H,3,6-7H2,1-2H3,(H,17,18)(H,14,15,19). The number of carboxylic acid groups (broad SMARTS) is 1. The minimum atomic E-state index is -0.828. The number of rotatable bonds is 6. The summed E-state index contributed by atoms with van der Waals surface area (Å²) in [6, 6.07) is 1.70. The molecule has 0 bridgehead atoms. The van der Waals surface area contributed by atoms with E-state index in [0.29, 0.717) is 29.1 Å². The largest absolute Gasteiger partial charge is 0.481 e. The SMILES string of the molecule is CCN(Cc1nc2ccsc2c(=O)[nH]1)C(C)CC(=O)O. The van der Waals surface area contributed by atoms with E-state index in [1.165, 1.54) is 11.3 Å². The zero-order chi connectivity index (χ0) is 14.7. The fourth-order valence-electron chi connectivity index (χ4n) is 2.15. The first-order chi connectivity index (χ1) is 9.51. The number of carbonyl (C=O) groups is 1. The van der Waals surface area contributed by atoms with Crippen LogP contribution < -0.4 is 5.56 Å². The van der Waals surface area contributed by atoms with Gasteiger partial charge in [0.05, 0.1) is 18.5 Å². The Bertz CT molecular complexity index is 664. The van der Waals surface area contributed by atoms with Gasteiger partial charge >= 0.3 is 5.97 Å². The molecule has 6 nitrogen and oxygen atoms in total. The first-order valence-electron chi connectivity index (χ1n) is 6.43. The molecule has 0 aliphatic heterocycles. The van der Waals surface area contributed by atoms with Gasteiger partial charge in [0.15, 0.2) is 0 Å². The summed E-state index contributed by atoms with van der Waals surface area (Å²) in [6.07, 6.45) is 0.0682. The molecule has 2 rings (SSSR count). The third-order valence-corrected chi connectivity index (χ3v) is 4.12. The molecular weight excluding hydrogens is 278 g/mol. The molecule has 0 saturated carbocycles. The second-order valence-electron chi connectivity index (χ2n) is 4.66. The molecule has 0 aliphatic carbocycles. The third kappa shape index (κ3) is 3.23. The Kier molecular flexibility index (Phi) is 4.51. The van der Waals surface area contributed by atoms with Crippen molar-refractivity contribution in [3.63, 3.8) is 0 Å². The van der Waals surface area contributed by atoms with Crippen LogP contribution in [0, 0.1) is 0 Å². The Hall–Kier alpha value is -1.73. The minimum absolute atomic E-state index is 0.0682. The van der Waals surface area contributed by atoms with Crippen LogP contribution >= 0.6 is 11.3 Å². The normalized spacial score (nSPS) is 12.9. The van der Waals surface area contributed by atoms with Crippen LogP contribution in [0.3, 0.4) is 0 Å². The average Bonchev–Trinajstić information content (AvgIpc) is 2.83. The molecule has 20 heavy (non-hydrogen) atoms. The number of aromatic nitrogens is 2. The topological polar surface area (TPSA) is 86.3 Å². The highest BCUT2D eigenvalue weighted by Crippen LogP contribution is 2.15. The van der Waals surface area contributed by atoms with Crippen LogP contribution in [0.4, 0.5) is 0 Å². The second-order valence-corrected chi connectivity index (χ2v) is 5.57. The van der Waals surface area contributed by atoms with E-state index in [1.54, 1.807) is 0 Å². The van der Waals surface area contributed by atoms with Crippen molar-refractivity contribution < 1.29 is 9.90 Å². The number of carboxylic acids is 1. The number of nitrogens with zero attached hydrogens (tertiary/aromatic N) is 2. The maximum atomic E-state index is 11.9. The van der Waals surface area contributed by atoms with Crippen LogP contribution in [-0.4, -0.2) is 38.5 Å². The van der Waals surface area contributed by atoms with E-state index in [9.17, 15) is 9.59 Å². The molecule has 0 aromatic carbocycles. The van der Waals surface area contributed by atoms with E-state index in [4.69, 9.17) is 5.11 Å². The lowest BCUT2D eigenvalue weighted by Crippen LogP contribution is -2.35. The number of aliphatic carboxylic acids is 1. The fourth-order valence-corrected chi connectivity index (χ4v) is 2.88. The Morgan fingerprint density at radius 2 is 2.35 bits per heavy atom. The van der Waals surface area contributed by atoms with E-state index in [1.807, 2.05) is 30.2 Å². The Balaban J connectivity index is 2.20. The van der Waals surface area contributed by atoms with Crippen molar-refractivity contribution in [3.8, 4) is 0 Å². The van der Waals surface area contributed by atoms with Crippen molar-refractivity contribution >= 4 is 27.5 Å². The van der Waals surface area contributed by atoms with Crippen molar-refractivity contribution in [2.75, 3.05) is 6.54 Å². The fraction of sp³-hybridized carbons (Fsp3) is 0.462. The summed E-state index contributed by atoms with van der Waals surface area (Å²) in [7, 11) is 0. The van der Waals surface area contributed by atoms with Crippen LogP contribution in [0.2, 0.25) is 0 Å². The van der Waals surface area contributed by atoms with Gasteiger partial charge in [-0.2, -0.15) is 0 Å². The summed E-state index contributed by atoms with van der Waals surface area (Å²) in [4.78, 5) is 31.8. The van der Waals surface area contributed by atoms with Gasteiger partial charge in [-0.1, -0.05) is 6.92 Å². The summed E-state index contributed by atoms with van der Waals surface area (Å²) < 4.78 is 0.621. The molecule has 0 amide bonds. The quantitative estimate of drug-likeness (QED) is 0.846. The van der Waals surface area contributed by atoms with E-state index >= 15 is 0 Å².